The van der Waals surface area contributed by atoms with Crippen molar-refractivity contribution in [1.29, 1.82) is 0 Å². The van der Waals surface area contributed by atoms with Gasteiger partial charge in [0.2, 0.25) is 0 Å². The average Bonchev–Trinajstić information content (AvgIpc) is 2.37. The van der Waals surface area contributed by atoms with Gasteiger partial charge in [-0.2, -0.15) is 26.3 Å². The molecule has 1 aromatic rings. The van der Waals surface area contributed by atoms with E-state index in [1.54, 1.807) is 0 Å². The maximum Gasteiger partial charge on any atom is 0.408 e. The highest BCUT2D eigenvalue weighted by Crippen LogP contribution is 2.43. The van der Waals surface area contributed by atoms with E-state index in [4.69, 9.17) is 5.11 Å². The highest BCUT2D eigenvalue weighted by Gasteiger charge is 2.63. The topological polar surface area (TPSA) is 37.3 Å². The van der Waals surface area contributed by atoms with Crippen LogP contribution < -0.4 is 0 Å². The minimum absolute atomic E-state index is 0.245. The molecule has 0 fully saturated rings. The highest BCUT2D eigenvalue weighted by atomic mass is 19.3. The molecule has 0 amide bonds. The summed E-state index contributed by atoms with van der Waals surface area (Å²) in [6.45, 7) is 0. The first kappa shape index (κ1) is 16.0. The SMILES string of the molecule is O=C(O)C(F)(F)C(F)(F)c1ccc(C(F)=C(F)F)cc1. The normalized spacial score (nSPS) is 12.2. The number of hydrogen-bond donors (Lipinski definition) is 1. The molecule has 110 valence electrons. The molecule has 9 heteroatoms. The van der Waals surface area contributed by atoms with Crippen molar-refractivity contribution in [2.24, 2.45) is 0 Å². The van der Waals surface area contributed by atoms with E-state index >= 15 is 0 Å². The number of aliphatic carboxylic acids is 1. The Morgan fingerprint density at radius 1 is 0.950 bits per heavy atom. The highest BCUT2D eigenvalue weighted by molar-refractivity contribution is 5.77. The van der Waals surface area contributed by atoms with Crippen molar-refractivity contribution in [2.45, 2.75) is 11.8 Å². The first-order valence-corrected chi connectivity index (χ1v) is 4.82. The molecule has 0 saturated heterocycles. The van der Waals surface area contributed by atoms with Crippen molar-refractivity contribution >= 4 is 11.8 Å². The van der Waals surface area contributed by atoms with Gasteiger partial charge < -0.3 is 5.11 Å². The Kier molecular flexibility index (Phi) is 4.11. The summed E-state index contributed by atoms with van der Waals surface area (Å²) in [5.74, 6) is -15.5. The monoisotopic (exact) mass is 302 g/mol. The van der Waals surface area contributed by atoms with Gasteiger partial charge >= 0.3 is 23.9 Å². The van der Waals surface area contributed by atoms with Gasteiger partial charge in [-0.15, -0.1) is 0 Å². The smallest absolute Gasteiger partial charge is 0.408 e. The molecule has 20 heavy (non-hydrogen) atoms. The molecule has 0 saturated carbocycles. The number of benzene rings is 1. The second kappa shape index (κ2) is 5.14. The molecule has 0 spiro atoms. The fourth-order valence-electron chi connectivity index (χ4n) is 1.25. The fourth-order valence-corrected chi connectivity index (χ4v) is 1.25. The zero-order valence-electron chi connectivity index (χ0n) is 9.31. The average molecular weight is 302 g/mol. The van der Waals surface area contributed by atoms with E-state index in [1.165, 1.54) is 0 Å². The number of alkyl halides is 4. The summed E-state index contributed by atoms with van der Waals surface area (Å²) >= 11 is 0. The maximum atomic E-state index is 13.3. The van der Waals surface area contributed by atoms with Crippen LogP contribution in [0, 0.1) is 0 Å². The quantitative estimate of drug-likeness (QED) is 0.853. The predicted octanol–water partition coefficient (Wildman–Crippen LogP) is 4.03. The van der Waals surface area contributed by atoms with Crippen LogP contribution in [0.15, 0.2) is 30.3 Å². The van der Waals surface area contributed by atoms with Crippen molar-refractivity contribution < 1.29 is 40.6 Å². The largest absolute Gasteiger partial charge is 0.477 e. The van der Waals surface area contributed by atoms with Gasteiger partial charge in [-0.25, -0.2) is 9.18 Å². The van der Waals surface area contributed by atoms with Crippen molar-refractivity contribution in [3.05, 3.63) is 41.5 Å². The summed E-state index contributed by atoms with van der Waals surface area (Å²) < 4.78 is 88.8. The molecule has 0 radical (unpaired) electrons. The second-order valence-corrected chi connectivity index (χ2v) is 3.61. The van der Waals surface area contributed by atoms with Gasteiger partial charge in [-0.1, -0.05) is 24.3 Å². The van der Waals surface area contributed by atoms with Gasteiger partial charge in [-0.05, 0) is 0 Å². The Bertz CT molecular complexity index is 544. The van der Waals surface area contributed by atoms with Crippen LogP contribution in [0.25, 0.3) is 5.83 Å². The van der Waals surface area contributed by atoms with Crippen LogP contribution in [-0.2, 0) is 10.7 Å². The Morgan fingerprint density at radius 3 is 1.75 bits per heavy atom. The third-order valence-electron chi connectivity index (χ3n) is 2.33. The van der Waals surface area contributed by atoms with Gasteiger partial charge in [0.05, 0.1) is 0 Å². The van der Waals surface area contributed by atoms with Crippen molar-refractivity contribution in [1.82, 2.24) is 0 Å². The molecule has 1 rings (SSSR count). The van der Waals surface area contributed by atoms with E-state index in [9.17, 15) is 35.5 Å². The minimum Gasteiger partial charge on any atom is -0.477 e. The van der Waals surface area contributed by atoms with Gasteiger partial charge in [0.1, 0.15) is 0 Å². The van der Waals surface area contributed by atoms with E-state index in [1.807, 2.05) is 0 Å². The lowest BCUT2D eigenvalue weighted by atomic mass is 10.0. The molecule has 0 unspecified atom stereocenters. The van der Waals surface area contributed by atoms with Crippen LogP contribution in [0.5, 0.6) is 0 Å². The van der Waals surface area contributed by atoms with Crippen LogP contribution in [-0.4, -0.2) is 17.0 Å². The van der Waals surface area contributed by atoms with Crippen LogP contribution >= 0.6 is 0 Å². The Hall–Kier alpha value is -2.06. The molecular weight excluding hydrogens is 297 g/mol. The molecule has 1 N–H and O–H groups in total. The lowest BCUT2D eigenvalue weighted by Crippen LogP contribution is -2.44. The molecule has 0 aromatic heterocycles. The van der Waals surface area contributed by atoms with Crippen LogP contribution in [0.3, 0.4) is 0 Å². The molecule has 2 nitrogen and oxygen atoms in total. The van der Waals surface area contributed by atoms with Crippen molar-refractivity contribution in [2.75, 3.05) is 0 Å². The van der Waals surface area contributed by atoms with E-state index in [2.05, 4.69) is 0 Å². The molecule has 0 aliphatic heterocycles. The fraction of sp³-hybridized carbons (Fsp3) is 0.182. The van der Waals surface area contributed by atoms with E-state index in [-0.39, 0.29) is 12.1 Å². The van der Waals surface area contributed by atoms with Gasteiger partial charge in [0, 0.05) is 11.1 Å². The Morgan fingerprint density at radius 2 is 1.40 bits per heavy atom. The zero-order chi connectivity index (χ0) is 15.7. The van der Waals surface area contributed by atoms with Gasteiger partial charge in [-0.3, -0.25) is 0 Å². The number of carboxylic acids is 1. The lowest BCUT2D eigenvalue weighted by Gasteiger charge is -2.23. The Balaban J connectivity index is 3.23. The second-order valence-electron chi connectivity index (χ2n) is 3.61. The summed E-state index contributed by atoms with van der Waals surface area (Å²) in [4.78, 5) is 10.1. The molecule has 0 heterocycles. The van der Waals surface area contributed by atoms with Gasteiger partial charge in [0.25, 0.3) is 0 Å². The molecule has 0 bridgehead atoms. The van der Waals surface area contributed by atoms with Crippen LogP contribution in [0.2, 0.25) is 0 Å². The zero-order valence-corrected chi connectivity index (χ0v) is 9.31. The van der Waals surface area contributed by atoms with E-state index < -0.39 is 40.8 Å². The third kappa shape index (κ3) is 2.61. The van der Waals surface area contributed by atoms with Crippen LogP contribution in [0.4, 0.5) is 30.7 Å². The third-order valence-corrected chi connectivity index (χ3v) is 2.33. The van der Waals surface area contributed by atoms with Crippen molar-refractivity contribution in [3.8, 4) is 0 Å². The molecule has 0 aliphatic rings. The number of halogens is 7. The van der Waals surface area contributed by atoms with Gasteiger partial charge in [0.15, 0.2) is 5.83 Å². The first-order chi connectivity index (χ1) is 9.01. The first-order valence-electron chi connectivity index (χ1n) is 4.82. The number of carboxylic acid groups (broad SMARTS) is 1. The minimum atomic E-state index is -5.39. The van der Waals surface area contributed by atoms with Crippen molar-refractivity contribution in [3.63, 3.8) is 0 Å². The van der Waals surface area contributed by atoms with E-state index in [0.29, 0.717) is 12.1 Å². The summed E-state index contributed by atoms with van der Waals surface area (Å²) in [6, 6.07) is 1.31. The summed E-state index contributed by atoms with van der Waals surface area (Å²) in [7, 11) is 0. The molecular formula is C11H5F7O2. The maximum absolute atomic E-state index is 13.3. The molecule has 0 aliphatic carbocycles. The predicted molar refractivity (Wildman–Crippen MR) is 53.2 cm³/mol. The van der Waals surface area contributed by atoms with Crippen LogP contribution in [0.1, 0.15) is 11.1 Å². The summed E-state index contributed by atoms with van der Waals surface area (Å²) in [5.41, 5.74) is -2.25. The number of rotatable bonds is 4. The summed E-state index contributed by atoms with van der Waals surface area (Å²) in [5, 5.41) is 8.06. The standard InChI is InChI=1S/C11H5F7O2/c12-7(8(13)14)5-1-3-6(4-2-5)10(15,16)11(17,18)9(19)20/h1-4H,(H,19,20). The summed E-state index contributed by atoms with van der Waals surface area (Å²) in [6.07, 6.45) is -2.71. The lowest BCUT2D eigenvalue weighted by molar-refractivity contribution is -0.228. The number of hydrogen-bond acceptors (Lipinski definition) is 1. The number of carbonyl (C=O) groups is 1. The molecule has 0 atom stereocenters. The molecule has 1 aromatic carbocycles. The van der Waals surface area contributed by atoms with E-state index in [0.717, 1.165) is 0 Å². The Labute approximate surface area is 107 Å².